The van der Waals surface area contributed by atoms with E-state index in [9.17, 15) is 9.59 Å². The first-order chi connectivity index (χ1) is 11.1. The minimum Gasteiger partial charge on any atom is -0.353 e. The van der Waals surface area contributed by atoms with Crippen molar-refractivity contribution in [3.05, 3.63) is 12.7 Å². The molecule has 1 saturated heterocycles. The molecule has 23 heavy (non-hydrogen) atoms. The molecule has 1 aromatic rings. The van der Waals surface area contributed by atoms with Crippen LogP contribution in [0.4, 0.5) is 0 Å². The number of aryl methyl sites for hydroxylation is 1. The van der Waals surface area contributed by atoms with E-state index in [0.717, 1.165) is 45.2 Å². The van der Waals surface area contributed by atoms with Crippen LogP contribution in [0.3, 0.4) is 0 Å². The zero-order chi connectivity index (χ0) is 16.2. The highest BCUT2D eigenvalue weighted by Crippen LogP contribution is 2.32. The Balaban J connectivity index is 1.44. The average Bonchev–Trinajstić information content (AvgIpc) is 3.28. The predicted octanol–water partition coefficient (Wildman–Crippen LogP) is 0.821. The van der Waals surface area contributed by atoms with E-state index in [1.807, 2.05) is 11.8 Å². The fourth-order valence-electron chi connectivity index (χ4n) is 3.09. The molecule has 2 atom stereocenters. The van der Waals surface area contributed by atoms with Crippen molar-refractivity contribution in [3.8, 4) is 0 Å². The lowest BCUT2D eigenvalue weighted by Crippen LogP contribution is -2.47. The summed E-state index contributed by atoms with van der Waals surface area (Å²) in [5, 5.41) is 7.14. The molecule has 0 spiro atoms. The van der Waals surface area contributed by atoms with Crippen LogP contribution in [-0.2, 0) is 16.1 Å². The van der Waals surface area contributed by atoms with Gasteiger partial charge in [0, 0.05) is 31.6 Å². The topological polar surface area (TPSA) is 80.1 Å². The van der Waals surface area contributed by atoms with Gasteiger partial charge in [0.1, 0.15) is 12.7 Å². The third-order valence-corrected chi connectivity index (χ3v) is 4.68. The Morgan fingerprint density at radius 1 is 1.30 bits per heavy atom. The van der Waals surface area contributed by atoms with E-state index in [1.54, 1.807) is 11.0 Å². The summed E-state index contributed by atoms with van der Waals surface area (Å²) in [7, 11) is 0. The Morgan fingerprint density at radius 3 is 2.83 bits per heavy atom. The molecule has 2 fully saturated rings. The zero-order valence-electron chi connectivity index (χ0n) is 13.6. The molecular weight excluding hydrogens is 294 g/mol. The maximum absolute atomic E-state index is 12.4. The van der Waals surface area contributed by atoms with Gasteiger partial charge >= 0.3 is 0 Å². The van der Waals surface area contributed by atoms with Crippen LogP contribution < -0.4 is 5.32 Å². The van der Waals surface area contributed by atoms with Crippen LogP contribution in [0.5, 0.6) is 0 Å². The quantitative estimate of drug-likeness (QED) is 0.842. The summed E-state index contributed by atoms with van der Waals surface area (Å²) in [6.45, 7) is 4.13. The van der Waals surface area contributed by atoms with Crippen molar-refractivity contribution in [2.75, 3.05) is 13.1 Å². The first kappa shape index (κ1) is 16.0. The number of rotatable bonds is 6. The van der Waals surface area contributed by atoms with Crippen LogP contribution >= 0.6 is 0 Å². The van der Waals surface area contributed by atoms with Crippen LogP contribution in [-0.4, -0.2) is 50.6 Å². The normalized spacial score (nSPS) is 22.7. The molecule has 0 unspecified atom stereocenters. The van der Waals surface area contributed by atoms with Crippen LogP contribution in [0.2, 0.25) is 0 Å². The molecule has 1 saturated carbocycles. The van der Waals surface area contributed by atoms with E-state index in [-0.39, 0.29) is 29.7 Å². The van der Waals surface area contributed by atoms with Crippen LogP contribution in [0.1, 0.15) is 39.0 Å². The van der Waals surface area contributed by atoms with E-state index in [4.69, 9.17) is 0 Å². The highest BCUT2D eigenvalue weighted by molar-refractivity contribution is 5.83. The van der Waals surface area contributed by atoms with Gasteiger partial charge in [-0.1, -0.05) is 0 Å². The summed E-state index contributed by atoms with van der Waals surface area (Å²) < 4.78 is 1.76. The average molecular weight is 319 g/mol. The van der Waals surface area contributed by atoms with Crippen LogP contribution in [0, 0.1) is 11.8 Å². The third-order valence-electron chi connectivity index (χ3n) is 4.68. The van der Waals surface area contributed by atoms with E-state index >= 15 is 0 Å². The van der Waals surface area contributed by atoms with Crippen LogP contribution in [0.25, 0.3) is 0 Å². The Bertz CT molecular complexity index is 541. The molecule has 0 bridgehead atoms. The summed E-state index contributed by atoms with van der Waals surface area (Å²) in [6.07, 6.45) is 7.83. The number of carbonyl (C=O) groups is 2. The Morgan fingerprint density at radius 2 is 2.13 bits per heavy atom. The minimum atomic E-state index is -0.0692. The van der Waals surface area contributed by atoms with Gasteiger partial charge < -0.3 is 10.2 Å². The molecule has 0 aromatic carbocycles. The number of hydrogen-bond donors (Lipinski definition) is 1. The predicted molar refractivity (Wildman–Crippen MR) is 84.3 cm³/mol. The molecule has 7 heteroatoms. The van der Waals surface area contributed by atoms with Gasteiger partial charge in [-0.3, -0.25) is 14.3 Å². The Hall–Kier alpha value is -1.92. The number of likely N-dealkylation sites (tertiary alicyclic amines) is 1. The molecule has 1 aliphatic heterocycles. The highest BCUT2D eigenvalue weighted by Gasteiger charge is 2.36. The van der Waals surface area contributed by atoms with Crippen molar-refractivity contribution in [1.29, 1.82) is 0 Å². The van der Waals surface area contributed by atoms with Crippen molar-refractivity contribution >= 4 is 11.8 Å². The van der Waals surface area contributed by atoms with Gasteiger partial charge in [0.05, 0.1) is 5.92 Å². The minimum absolute atomic E-state index is 0.0692. The lowest BCUT2D eigenvalue weighted by molar-refractivity contribution is -0.137. The molecule has 1 aromatic heterocycles. The highest BCUT2D eigenvalue weighted by atomic mass is 16.2. The van der Waals surface area contributed by atoms with Gasteiger partial charge in [0.2, 0.25) is 11.8 Å². The summed E-state index contributed by atoms with van der Waals surface area (Å²) in [5.74, 6) is 0.491. The van der Waals surface area contributed by atoms with Gasteiger partial charge in [-0.05, 0) is 39.0 Å². The Labute approximate surface area is 136 Å². The van der Waals surface area contributed by atoms with E-state index < -0.39 is 0 Å². The van der Waals surface area contributed by atoms with Gasteiger partial charge in [-0.15, -0.1) is 0 Å². The molecule has 3 rings (SSSR count). The standard InChI is InChI=1S/C16H25N5O2/c1-12(6-8-21-11-17-10-18-21)19-15(22)14-3-2-7-20(9-14)16(23)13-4-5-13/h10-14H,2-9H2,1H3,(H,19,22)/t12-,14-/m1/s1. The molecular formula is C16H25N5O2. The number of piperidine rings is 1. The van der Waals surface area contributed by atoms with E-state index in [2.05, 4.69) is 15.4 Å². The molecule has 1 N–H and O–H groups in total. The molecule has 2 amide bonds. The number of nitrogens with zero attached hydrogens (tertiary/aromatic N) is 4. The van der Waals surface area contributed by atoms with Crippen molar-refractivity contribution < 1.29 is 9.59 Å². The molecule has 2 aliphatic rings. The molecule has 2 heterocycles. The second kappa shape index (κ2) is 7.10. The van der Waals surface area contributed by atoms with Gasteiger partial charge in [-0.2, -0.15) is 5.10 Å². The number of aromatic nitrogens is 3. The smallest absolute Gasteiger partial charge is 0.225 e. The Kier molecular flexibility index (Phi) is 4.93. The second-order valence-corrected chi connectivity index (χ2v) is 6.75. The largest absolute Gasteiger partial charge is 0.353 e. The van der Waals surface area contributed by atoms with Gasteiger partial charge in [0.15, 0.2) is 0 Å². The fraction of sp³-hybridized carbons (Fsp3) is 0.750. The van der Waals surface area contributed by atoms with E-state index in [0.29, 0.717) is 6.54 Å². The maximum Gasteiger partial charge on any atom is 0.225 e. The lowest BCUT2D eigenvalue weighted by atomic mass is 9.96. The molecule has 7 nitrogen and oxygen atoms in total. The first-order valence-corrected chi connectivity index (χ1v) is 8.55. The van der Waals surface area contributed by atoms with Gasteiger partial charge in [-0.25, -0.2) is 4.98 Å². The summed E-state index contributed by atoms with van der Waals surface area (Å²) in [6, 6.07) is 0.0845. The zero-order valence-corrected chi connectivity index (χ0v) is 13.6. The molecule has 126 valence electrons. The molecule has 0 radical (unpaired) electrons. The van der Waals surface area contributed by atoms with Gasteiger partial charge in [0.25, 0.3) is 0 Å². The SMILES string of the molecule is C[C@H](CCn1cncn1)NC(=O)[C@@H]1CCCN(C(=O)C2CC2)C1. The fourth-order valence-corrected chi connectivity index (χ4v) is 3.09. The number of hydrogen-bond acceptors (Lipinski definition) is 4. The summed E-state index contributed by atoms with van der Waals surface area (Å²) >= 11 is 0. The molecule has 1 aliphatic carbocycles. The maximum atomic E-state index is 12.4. The number of amides is 2. The van der Waals surface area contributed by atoms with Crippen molar-refractivity contribution in [1.82, 2.24) is 25.0 Å². The number of nitrogens with one attached hydrogen (secondary N) is 1. The van der Waals surface area contributed by atoms with Crippen LogP contribution in [0.15, 0.2) is 12.7 Å². The van der Waals surface area contributed by atoms with E-state index in [1.165, 1.54) is 6.33 Å². The monoisotopic (exact) mass is 319 g/mol. The first-order valence-electron chi connectivity index (χ1n) is 8.55. The number of carbonyl (C=O) groups excluding carboxylic acids is 2. The lowest BCUT2D eigenvalue weighted by Gasteiger charge is -2.32. The third kappa shape index (κ3) is 4.30. The summed E-state index contributed by atoms with van der Waals surface area (Å²) in [5.41, 5.74) is 0. The van der Waals surface area contributed by atoms with Crippen molar-refractivity contribution in [3.63, 3.8) is 0 Å². The van der Waals surface area contributed by atoms with Crippen molar-refractivity contribution in [2.45, 2.75) is 51.6 Å². The second-order valence-electron chi connectivity index (χ2n) is 6.75. The summed E-state index contributed by atoms with van der Waals surface area (Å²) in [4.78, 5) is 30.4. The van der Waals surface area contributed by atoms with Crippen molar-refractivity contribution in [2.24, 2.45) is 11.8 Å².